The van der Waals surface area contributed by atoms with Crippen molar-refractivity contribution in [1.29, 1.82) is 0 Å². The van der Waals surface area contributed by atoms with Gasteiger partial charge in [-0.1, -0.05) is 0 Å². The van der Waals surface area contributed by atoms with Gasteiger partial charge in [0.1, 0.15) is 5.78 Å². The van der Waals surface area contributed by atoms with Crippen LogP contribution in [0.25, 0.3) is 0 Å². The fraction of sp³-hybridized carbons (Fsp3) is 0.786. The van der Waals surface area contributed by atoms with Gasteiger partial charge in [-0.05, 0) is 20.9 Å². The van der Waals surface area contributed by atoms with Gasteiger partial charge in [-0.2, -0.15) is 0 Å². The number of carbonyl (C=O) groups excluding carboxylic acids is 1. The van der Waals surface area contributed by atoms with E-state index in [1.54, 1.807) is 16.8 Å². The van der Waals surface area contributed by atoms with Crippen molar-refractivity contribution in [3.05, 3.63) is 0 Å². The molecule has 1 saturated heterocycles. The summed E-state index contributed by atoms with van der Waals surface area (Å²) in [6.07, 6.45) is 0. The minimum Gasteiger partial charge on any atom is -0.480 e. The second kappa shape index (κ2) is 7.66. The van der Waals surface area contributed by atoms with Gasteiger partial charge >= 0.3 is 11.9 Å². The first-order chi connectivity index (χ1) is 10.1. The molecule has 0 radical (unpaired) electrons. The van der Waals surface area contributed by atoms with Gasteiger partial charge in [-0.25, -0.2) is 0 Å². The Hall–Kier alpha value is -1.51. The maximum Gasteiger partial charge on any atom is 0.317 e. The van der Waals surface area contributed by atoms with Crippen LogP contribution in [-0.4, -0.2) is 101 Å². The second-order valence-corrected chi connectivity index (χ2v) is 6.26. The van der Waals surface area contributed by atoms with E-state index in [2.05, 4.69) is 0 Å². The molecule has 1 fully saturated rings. The first-order valence-corrected chi connectivity index (χ1v) is 7.21. The van der Waals surface area contributed by atoms with Crippen LogP contribution < -0.4 is 0 Å². The monoisotopic (exact) mass is 315 g/mol. The van der Waals surface area contributed by atoms with Crippen LogP contribution in [0.15, 0.2) is 0 Å². The molecular weight excluding hydrogens is 290 g/mol. The summed E-state index contributed by atoms with van der Waals surface area (Å²) in [7, 11) is 1.71. The van der Waals surface area contributed by atoms with Crippen molar-refractivity contribution in [3.8, 4) is 0 Å². The van der Waals surface area contributed by atoms with Crippen LogP contribution in [0.2, 0.25) is 0 Å². The van der Waals surface area contributed by atoms with E-state index in [0.29, 0.717) is 26.2 Å². The number of nitrogens with zero attached hydrogens (tertiary/aromatic N) is 3. The number of hydrogen-bond donors (Lipinski definition) is 2. The van der Waals surface area contributed by atoms with Crippen LogP contribution in [0.4, 0.5) is 0 Å². The normalized spacial score (nSPS) is 24.2. The fourth-order valence-corrected chi connectivity index (χ4v) is 2.87. The lowest BCUT2D eigenvalue weighted by atomic mass is 9.99. The summed E-state index contributed by atoms with van der Waals surface area (Å²) in [5.74, 6) is -1.81. The van der Waals surface area contributed by atoms with Gasteiger partial charge in [-0.15, -0.1) is 0 Å². The van der Waals surface area contributed by atoms with Gasteiger partial charge in [-0.3, -0.25) is 29.1 Å². The lowest BCUT2D eigenvalue weighted by molar-refractivity contribution is -0.141. The van der Waals surface area contributed by atoms with Crippen LogP contribution in [0.5, 0.6) is 0 Å². The number of Topliss-reactive ketones (excluding diaryl/α,β-unsaturated/α-hetero) is 1. The molecule has 0 spiro atoms. The standard InChI is InChI=1S/C14H25N3O5/c1-11(18)6-16-4-5-17(8-13(21)22)10-14(2,9-16)15(3)7-12(19)20/h4-10H2,1-3H3,(H,19,20)(H,21,22). The summed E-state index contributed by atoms with van der Waals surface area (Å²) in [6.45, 7) is 5.57. The molecule has 0 bridgehead atoms. The highest BCUT2D eigenvalue weighted by atomic mass is 16.4. The predicted molar refractivity (Wildman–Crippen MR) is 79.9 cm³/mol. The van der Waals surface area contributed by atoms with Gasteiger partial charge in [0.05, 0.1) is 19.6 Å². The van der Waals surface area contributed by atoms with Gasteiger partial charge in [0.2, 0.25) is 0 Å². The Morgan fingerprint density at radius 1 is 1.05 bits per heavy atom. The zero-order valence-electron chi connectivity index (χ0n) is 13.4. The SMILES string of the molecule is CC(=O)CN1CCN(CC(=O)O)CC(C)(N(C)CC(=O)O)C1. The molecule has 0 aromatic heterocycles. The Kier molecular flexibility index (Phi) is 6.46. The number of rotatable bonds is 7. The van der Waals surface area contributed by atoms with Gasteiger partial charge < -0.3 is 10.2 Å². The minimum absolute atomic E-state index is 0.0370. The van der Waals surface area contributed by atoms with Gasteiger partial charge in [0, 0.05) is 31.7 Å². The van der Waals surface area contributed by atoms with Crippen molar-refractivity contribution in [2.75, 3.05) is 52.9 Å². The van der Waals surface area contributed by atoms with E-state index in [1.807, 2.05) is 11.8 Å². The van der Waals surface area contributed by atoms with E-state index in [4.69, 9.17) is 10.2 Å². The number of aliphatic carboxylic acids is 2. The van der Waals surface area contributed by atoms with Crippen LogP contribution in [0, 0.1) is 0 Å². The van der Waals surface area contributed by atoms with Crippen LogP contribution in [0.1, 0.15) is 13.8 Å². The summed E-state index contributed by atoms with van der Waals surface area (Å²) >= 11 is 0. The molecule has 8 nitrogen and oxygen atoms in total. The molecule has 22 heavy (non-hydrogen) atoms. The summed E-state index contributed by atoms with van der Waals surface area (Å²) in [4.78, 5) is 38.8. The topological polar surface area (TPSA) is 101 Å². The Morgan fingerprint density at radius 3 is 1.95 bits per heavy atom. The molecule has 1 heterocycles. The zero-order chi connectivity index (χ0) is 16.9. The fourth-order valence-electron chi connectivity index (χ4n) is 2.87. The molecule has 1 aliphatic heterocycles. The Bertz CT molecular complexity index is 414. The number of carbonyl (C=O) groups is 3. The summed E-state index contributed by atoms with van der Waals surface area (Å²) in [5.41, 5.74) is -0.542. The van der Waals surface area contributed by atoms with E-state index in [1.165, 1.54) is 6.92 Å². The Labute approximate surface area is 130 Å². The van der Waals surface area contributed by atoms with Gasteiger partial charge in [0.25, 0.3) is 0 Å². The smallest absolute Gasteiger partial charge is 0.317 e. The molecule has 0 saturated carbocycles. The van der Waals surface area contributed by atoms with Crippen molar-refractivity contribution in [3.63, 3.8) is 0 Å². The molecule has 8 heteroatoms. The number of ketones is 1. The average molecular weight is 315 g/mol. The van der Waals surface area contributed by atoms with E-state index in [9.17, 15) is 14.4 Å². The molecule has 0 aliphatic carbocycles. The maximum atomic E-state index is 11.4. The van der Waals surface area contributed by atoms with Crippen molar-refractivity contribution in [2.45, 2.75) is 19.4 Å². The lowest BCUT2D eigenvalue weighted by Crippen LogP contribution is -2.57. The van der Waals surface area contributed by atoms with Crippen molar-refractivity contribution >= 4 is 17.7 Å². The number of hydrogen-bond acceptors (Lipinski definition) is 6. The number of likely N-dealkylation sites (N-methyl/N-ethyl adjacent to an activating group) is 1. The summed E-state index contributed by atoms with van der Waals surface area (Å²) < 4.78 is 0. The van der Waals surface area contributed by atoms with Crippen LogP contribution in [0.3, 0.4) is 0 Å². The molecule has 1 rings (SSSR count). The van der Waals surface area contributed by atoms with E-state index < -0.39 is 17.5 Å². The number of carboxylic acid groups (broad SMARTS) is 2. The van der Waals surface area contributed by atoms with Crippen LogP contribution >= 0.6 is 0 Å². The molecule has 1 atom stereocenters. The molecular formula is C14H25N3O5. The van der Waals surface area contributed by atoms with Crippen molar-refractivity contribution in [1.82, 2.24) is 14.7 Å². The molecule has 126 valence electrons. The molecule has 1 aliphatic rings. The third-order valence-corrected chi connectivity index (χ3v) is 3.96. The number of carboxylic acids is 2. The Balaban J connectivity index is 2.93. The molecule has 0 aromatic rings. The average Bonchev–Trinajstić information content (AvgIpc) is 2.47. The molecule has 0 aromatic carbocycles. The predicted octanol–water partition coefficient (Wildman–Crippen LogP) is -0.947. The van der Waals surface area contributed by atoms with Crippen LogP contribution in [-0.2, 0) is 14.4 Å². The second-order valence-electron chi connectivity index (χ2n) is 6.26. The largest absolute Gasteiger partial charge is 0.480 e. The Morgan fingerprint density at radius 2 is 1.55 bits per heavy atom. The highest BCUT2D eigenvalue weighted by molar-refractivity contribution is 5.77. The lowest BCUT2D eigenvalue weighted by Gasteiger charge is -2.41. The first kappa shape index (κ1) is 18.5. The van der Waals surface area contributed by atoms with Crippen molar-refractivity contribution in [2.24, 2.45) is 0 Å². The first-order valence-electron chi connectivity index (χ1n) is 7.21. The highest BCUT2D eigenvalue weighted by Gasteiger charge is 2.37. The molecule has 0 amide bonds. The van der Waals surface area contributed by atoms with Crippen molar-refractivity contribution < 1.29 is 24.6 Å². The summed E-state index contributed by atoms with van der Waals surface area (Å²) in [5, 5.41) is 18.0. The minimum atomic E-state index is -0.934. The van der Waals surface area contributed by atoms with Gasteiger partial charge in [0.15, 0.2) is 0 Å². The van der Waals surface area contributed by atoms with E-state index in [-0.39, 0.29) is 25.4 Å². The van der Waals surface area contributed by atoms with E-state index in [0.717, 1.165) is 0 Å². The zero-order valence-corrected chi connectivity index (χ0v) is 13.4. The molecule has 1 unspecified atom stereocenters. The third-order valence-electron chi connectivity index (χ3n) is 3.96. The third kappa shape index (κ3) is 5.70. The quantitative estimate of drug-likeness (QED) is 0.620. The highest BCUT2D eigenvalue weighted by Crippen LogP contribution is 2.20. The molecule has 2 N–H and O–H groups in total. The maximum absolute atomic E-state index is 11.4. The van der Waals surface area contributed by atoms with E-state index >= 15 is 0 Å². The summed E-state index contributed by atoms with van der Waals surface area (Å²) in [6, 6.07) is 0.